The third kappa shape index (κ3) is 3.50. The van der Waals surface area contributed by atoms with E-state index < -0.39 is 46.2 Å². The number of anilines is 1. The Morgan fingerprint density at radius 2 is 1.62 bits per heavy atom. The van der Waals surface area contributed by atoms with E-state index in [1.54, 1.807) is 31.2 Å². The van der Waals surface area contributed by atoms with Gasteiger partial charge in [-0.05, 0) is 48.4 Å². The molecule has 0 unspecified atom stereocenters. The molecular formula is C26H20FN3O7. The summed E-state index contributed by atoms with van der Waals surface area (Å²) in [4.78, 5) is 53.1. The highest BCUT2D eigenvalue weighted by Crippen LogP contribution is 2.46. The first-order valence-electron chi connectivity index (χ1n) is 11.2. The maximum atomic E-state index is 14.4. The van der Waals surface area contributed by atoms with Crippen molar-refractivity contribution in [1.29, 1.82) is 0 Å². The lowest BCUT2D eigenvalue weighted by Crippen LogP contribution is -2.67. The van der Waals surface area contributed by atoms with E-state index in [1.165, 1.54) is 43.4 Å². The highest BCUT2D eigenvalue weighted by Gasteiger charge is 2.58. The van der Waals surface area contributed by atoms with Gasteiger partial charge in [-0.15, -0.1) is 0 Å². The molecule has 2 heterocycles. The van der Waals surface area contributed by atoms with Gasteiger partial charge in [-0.2, -0.15) is 0 Å². The summed E-state index contributed by atoms with van der Waals surface area (Å²) in [6, 6.07) is 10.6. The number of hydrogen-bond donors (Lipinski definition) is 0. The van der Waals surface area contributed by atoms with Gasteiger partial charge in [0.2, 0.25) is 0 Å². The van der Waals surface area contributed by atoms with Crippen molar-refractivity contribution in [2.75, 3.05) is 19.1 Å². The number of nitrogens with zero attached hydrogens (tertiary/aromatic N) is 3. The molecule has 1 fully saturated rings. The SMILES string of the molecule is COc1ccc([C@@H]2[C@H](N3C(=O)c4cccc([N+](=O)[O-])c4C3=O)C(=O)N2c2ccc(C)c(F)c2)cc1OC. The molecule has 0 bridgehead atoms. The number of carbonyl (C=O) groups excluding carboxylic acids is 3. The monoisotopic (exact) mass is 505 g/mol. The molecule has 188 valence electrons. The molecule has 37 heavy (non-hydrogen) atoms. The molecule has 11 heteroatoms. The van der Waals surface area contributed by atoms with Crippen LogP contribution in [-0.4, -0.2) is 47.8 Å². The first kappa shape index (κ1) is 23.9. The molecule has 3 aromatic rings. The van der Waals surface area contributed by atoms with Crippen molar-refractivity contribution >= 4 is 29.1 Å². The van der Waals surface area contributed by atoms with Gasteiger partial charge in [0, 0.05) is 11.8 Å². The molecule has 10 nitrogen and oxygen atoms in total. The van der Waals surface area contributed by atoms with Crippen LogP contribution in [-0.2, 0) is 4.79 Å². The number of nitro groups is 1. The third-order valence-corrected chi connectivity index (χ3v) is 6.65. The average molecular weight is 505 g/mol. The second kappa shape index (κ2) is 8.70. The largest absolute Gasteiger partial charge is 0.493 e. The number of nitro benzene ring substituents is 1. The van der Waals surface area contributed by atoms with Crippen LogP contribution in [0.5, 0.6) is 11.5 Å². The molecule has 3 amide bonds. The zero-order chi connectivity index (χ0) is 26.6. The molecule has 2 atom stereocenters. The minimum Gasteiger partial charge on any atom is -0.493 e. The lowest BCUT2D eigenvalue weighted by molar-refractivity contribution is -0.385. The van der Waals surface area contributed by atoms with E-state index in [0.717, 1.165) is 11.0 Å². The number of halogens is 1. The zero-order valence-corrected chi connectivity index (χ0v) is 19.9. The van der Waals surface area contributed by atoms with E-state index in [0.29, 0.717) is 22.6 Å². The summed E-state index contributed by atoms with van der Waals surface area (Å²) < 4.78 is 25.1. The molecule has 0 radical (unpaired) electrons. The summed E-state index contributed by atoms with van der Waals surface area (Å²) in [7, 11) is 2.89. The maximum absolute atomic E-state index is 14.4. The van der Waals surface area contributed by atoms with Gasteiger partial charge in [-0.3, -0.25) is 29.4 Å². The Bertz CT molecular complexity index is 1510. The van der Waals surface area contributed by atoms with Gasteiger partial charge in [0.05, 0.1) is 30.7 Å². The fourth-order valence-corrected chi connectivity index (χ4v) is 4.80. The Labute approximate surface area is 210 Å². The standard InChI is InChI=1S/C26H20FN3O7/c1-13-7-9-15(12-17(13)27)28-22(14-8-10-19(36-2)20(11-14)37-3)23(26(28)33)29-24(31)16-5-4-6-18(30(34)35)21(16)25(29)32/h4-12,22-23H,1-3H3/t22-,23+/m1/s1. The maximum Gasteiger partial charge on any atom is 0.282 e. The summed E-state index contributed by atoms with van der Waals surface area (Å²) in [5.74, 6) is -2.17. The Hall–Kier alpha value is -4.80. The van der Waals surface area contributed by atoms with Crippen molar-refractivity contribution in [2.24, 2.45) is 0 Å². The van der Waals surface area contributed by atoms with Crippen LogP contribution in [0.4, 0.5) is 15.8 Å². The number of β-lactam (4-membered cyclic amide) rings is 1. The molecule has 1 saturated heterocycles. The first-order chi connectivity index (χ1) is 17.7. The number of carbonyl (C=O) groups is 3. The zero-order valence-electron chi connectivity index (χ0n) is 19.9. The fraction of sp³-hybridized carbons (Fsp3) is 0.192. The van der Waals surface area contributed by atoms with Crippen LogP contribution in [0.2, 0.25) is 0 Å². The number of hydrogen-bond acceptors (Lipinski definition) is 7. The van der Waals surface area contributed by atoms with Crippen molar-refractivity contribution in [3.05, 3.63) is 92.8 Å². The highest BCUT2D eigenvalue weighted by molar-refractivity contribution is 6.26. The van der Waals surface area contributed by atoms with Crippen molar-refractivity contribution in [2.45, 2.75) is 19.0 Å². The average Bonchev–Trinajstić information content (AvgIpc) is 3.14. The molecule has 5 rings (SSSR count). The van der Waals surface area contributed by atoms with E-state index in [9.17, 15) is 28.9 Å². The second-order valence-electron chi connectivity index (χ2n) is 8.58. The summed E-state index contributed by atoms with van der Waals surface area (Å²) in [5.41, 5.74) is 0.0453. The van der Waals surface area contributed by atoms with Crippen molar-refractivity contribution in [3.63, 3.8) is 0 Å². The van der Waals surface area contributed by atoms with Gasteiger partial charge in [0.1, 0.15) is 17.4 Å². The number of methoxy groups -OCH3 is 2. The smallest absolute Gasteiger partial charge is 0.282 e. The van der Waals surface area contributed by atoms with Gasteiger partial charge in [0.15, 0.2) is 11.5 Å². The van der Waals surface area contributed by atoms with Gasteiger partial charge in [-0.1, -0.05) is 18.2 Å². The Balaban J connectivity index is 1.64. The van der Waals surface area contributed by atoms with Crippen molar-refractivity contribution < 1.29 is 33.2 Å². The lowest BCUT2D eigenvalue weighted by atomic mass is 9.86. The molecule has 0 aromatic heterocycles. The molecular weight excluding hydrogens is 485 g/mol. The van der Waals surface area contributed by atoms with E-state index >= 15 is 0 Å². The summed E-state index contributed by atoms with van der Waals surface area (Å²) in [6.07, 6.45) is 0. The van der Waals surface area contributed by atoms with E-state index in [-0.39, 0.29) is 16.8 Å². The minimum atomic E-state index is -1.32. The molecule has 0 N–H and O–H groups in total. The van der Waals surface area contributed by atoms with Crippen LogP contribution in [0.25, 0.3) is 0 Å². The Kier molecular flexibility index (Phi) is 5.62. The third-order valence-electron chi connectivity index (χ3n) is 6.65. The van der Waals surface area contributed by atoms with Gasteiger partial charge in [-0.25, -0.2) is 4.39 Å². The minimum absolute atomic E-state index is 0.155. The summed E-state index contributed by atoms with van der Waals surface area (Å²) in [5, 5.41) is 11.5. The van der Waals surface area contributed by atoms with Crippen molar-refractivity contribution in [1.82, 2.24) is 4.90 Å². The number of fused-ring (bicyclic) bond motifs is 1. The van der Waals surface area contributed by atoms with E-state index in [2.05, 4.69) is 0 Å². The normalized spacial score (nSPS) is 18.5. The number of rotatable bonds is 6. The van der Waals surface area contributed by atoms with Gasteiger partial charge in [0.25, 0.3) is 23.4 Å². The number of aryl methyl sites for hydroxylation is 1. The van der Waals surface area contributed by atoms with Crippen LogP contribution in [0, 0.1) is 22.9 Å². The van der Waals surface area contributed by atoms with Gasteiger partial charge >= 0.3 is 0 Å². The number of benzene rings is 3. The molecule has 2 aliphatic heterocycles. The fourth-order valence-electron chi connectivity index (χ4n) is 4.80. The van der Waals surface area contributed by atoms with Crippen LogP contribution >= 0.6 is 0 Å². The summed E-state index contributed by atoms with van der Waals surface area (Å²) in [6.45, 7) is 1.58. The van der Waals surface area contributed by atoms with Crippen LogP contribution in [0.3, 0.4) is 0 Å². The predicted molar refractivity (Wildman–Crippen MR) is 128 cm³/mol. The summed E-state index contributed by atoms with van der Waals surface area (Å²) >= 11 is 0. The van der Waals surface area contributed by atoms with Crippen LogP contribution in [0.1, 0.15) is 37.9 Å². The highest BCUT2D eigenvalue weighted by atomic mass is 19.1. The number of ether oxygens (including phenoxy) is 2. The van der Waals surface area contributed by atoms with Gasteiger partial charge < -0.3 is 14.4 Å². The lowest BCUT2D eigenvalue weighted by Gasteiger charge is -2.49. The topological polar surface area (TPSA) is 119 Å². The van der Waals surface area contributed by atoms with E-state index in [1.807, 2.05) is 0 Å². The van der Waals surface area contributed by atoms with E-state index in [4.69, 9.17) is 9.47 Å². The second-order valence-corrected chi connectivity index (χ2v) is 8.58. The van der Waals surface area contributed by atoms with Crippen LogP contribution in [0.15, 0.2) is 54.6 Å². The van der Waals surface area contributed by atoms with Crippen molar-refractivity contribution in [3.8, 4) is 11.5 Å². The molecule has 3 aromatic carbocycles. The number of amides is 3. The number of imide groups is 1. The quantitative estimate of drug-likeness (QED) is 0.216. The predicted octanol–water partition coefficient (Wildman–Crippen LogP) is 3.81. The van der Waals surface area contributed by atoms with Crippen LogP contribution < -0.4 is 14.4 Å². The molecule has 0 spiro atoms. The molecule has 0 aliphatic carbocycles. The molecule has 0 saturated carbocycles. The molecule has 2 aliphatic rings. The Morgan fingerprint density at radius 1 is 0.892 bits per heavy atom. The Morgan fingerprint density at radius 3 is 2.27 bits per heavy atom. The first-order valence-corrected chi connectivity index (χ1v) is 11.2.